The van der Waals surface area contributed by atoms with Gasteiger partial charge in [-0.25, -0.2) is 9.97 Å². The highest BCUT2D eigenvalue weighted by Gasteiger charge is 2.26. The molecule has 0 aliphatic carbocycles. The lowest BCUT2D eigenvalue weighted by atomic mass is 9.91. The summed E-state index contributed by atoms with van der Waals surface area (Å²) in [5.74, 6) is -2.21. The van der Waals surface area contributed by atoms with Crippen LogP contribution in [0.3, 0.4) is 0 Å². The molecule has 37 heavy (non-hydrogen) atoms. The minimum Gasteiger partial charge on any atom is -0.276 e. The summed E-state index contributed by atoms with van der Waals surface area (Å²) in [4.78, 5) is 44.5. The minimum absolute atomic E-state index is 0.270. The monoisotopic (exact) mass is 561 g/mol. The first-order valence-corrected chi connectivity index (χ1v) is 11.7. The Kier molecular flexibility index (Phi) is 8.01. The van der Waals surface area contributed by atoms with Crippen LogP contribution in [0.15, 0.2) is 95.7 Å². The molecule has 0 bridgehead atoms. The van der Waals surface area contributed by atoms with Gasteiger partial charge in [0.2, 0.25) is 17.5 Å². The van der Waals surface area contributed by atoms with E-state index in [1.165, 1.54) is 0 Å². The first-order chi connectivity index (χ1) is 17.9. The molecule has 0 radical (unpaired) electrons. The molecule has 12 heteroatoms. The fourth-order valence-corrected chi connectivity index (χ4v) is 3.77. The average molecular weight is 562 g/mol. The third-order valence-electron chi connectivity index (χ3n) is 5.24. The van der Waals surface area contributed by atoms with Gasteiger partial charge in [-0.1, -0.05) is 76.6 Å². The molecule has 4 N–H and O–H groups in total. The number of halogens is 1. The van der Waals surface area contributed by atoms with Gasteiger partial charge in [0.15, 0.2) is 0 Å². The smallest absolute Gasteiger partial charge is 0.276 e. The van der Waals surface area contributed by atoms with Crippen molar-refractivity contribution >= 4 is 45.1 Å². The van der Waals surface area contributed by atoms with Crippen LogP contribution < -0.4 is 21.7 Å². The van der Waals surface area contributed by atoms with Gasteiger partial charge in [0.1, 0.15) is 6.33 Å². The molecule has 1 aromatic heterocycles. The van der Waals surface area contributed by atoms with Crippen molar-refractivity contribution < 1.29 is 14.5 Å². The lowest BCUT2D eigenvalue weighted by Crippen LogP contribution is -2.35. The van der Waals surface area contributed by atoms with E-state index >= 15 is 0 Å². The van der Waals surface area contributed by atoms with Crippen LogP contribution in [0, 0.1) is 10.1 Å². The molecular formula is C25H20BrN7O4. The third kappa shape index (κ3) is 6.24. The summed E-state index contributed by atoms with van der Waals surface area (Å²) >= 11 is 3.29. The Bertz CT molecular complexity index is 1360. The number of nitro groups is 1. The average Bonchev–Trinajstić information content (AvgIpc) is 2.92. The van der Waals surface area contributed by atoms with Crippen molar-refractivity contribution in [2.24, 2.45) is 0 Å². The number of hydrogen-bond acceptors (Lipinski definition) is 8. The van der Waals surface area contributed by atoms with Gasteiger partial charge >= 0.3 is 5.69 Å². The maximum absolute atomic E-state index is 13.2. The molecule has 11 nitrogen and oxygen atoms in total. The number of carbonyl (C=O) groups is 2. The van der Waals surface area contributed by atoms with E-state index in [9.17, 15) is 19.7 Å². The molecule has 4 aromatic rings. The van der Waals surface area contributed by atoms with E-state index in [1.54, 1.807) is 24.3 Å². The molecular weight excluding hydrogens is 542 g/mol. The number of hydrazine groups is 2. The molecule has 1 heterocycles. The Morgan fingerprint density at radius 3 is 1.81 bits per heavy atom. The van der Waals surface area contributed by atoms with Gasteiger partial charge < -0.3 is 0 Å². The summed E-state index contributed by atoms with van der Waals surface area (Å²) in [5.41, 5.74) is 11.1. The number of aromatic nitrogens is 2. The van der Waals surface area contributed by atoms with Gasteiger partial charge in [-0.2, -0.15) is 0 Å². The van der Waals surface area contributed by atoms with Crippen LogP contribution >= 0.6 is 15.9 Å². The number of carbonyl (C=O) groups excluding carboxylic acids is 2. The van der Waals surface area contributed by atoms with E-state index in [-0.39, 0.29) is 11.6 Å². The predicted octanol–water partition coefficient (Wildman–Crippen LogP) is 4.18. The van der Waals surface area contributed by atoms with Gasteiger partial charge in [-0.05, 0) is 35.4 Å². The van der Waals surface area contributed by atoms with E-state index in [0.717, 1.165) is 21.9 Å². The molecule has 0 unspecified atom stereocenters. The topological polar surface area (TPSA) is 151 Å². The van der Waals surface area contributed by atoms with Crippen LogP contribution in [-0.4, -0.2) is 26.7 Å². The van der Waals surface area contributed by atoms with Crippen molar-refractivity contribution in [3.05, 3.63) is 123 Å². The molecule has 0 saturated carbocycles. The summed E-state index contributed by atoms with van der Waals surface area (Å²) in [6.45, 7) is 0. The fraction of sp³-hybridized carbons (Fsp3) is 0.0400. The van der Waals surface area contributed by atoms with Crippen molar-refractivity contribution in [1.29, 1.82) is 0 Å². The summed E-state index contributed by atoms with van der Waals surface area (Å²) in [6, 6.07) is 24.8. The lowest BCUT2D eigenvalue weighted by Gasteiger charge is -2.18. The van der Waals surface area contributed by atoms with Crippen LogP contribution in [0.4, 0.5) is 17.3 Å². The minimum atomic E-state index is -0.728. The highest BCUT2D eigenvalue weighted by atomic mass is 79.9. The standard InChI is InChI=1S/C25H20BrN7O4/c26-19-13-11-18(12-14-19)24(34)31-29-22-21(33(36)37)23(28-15-27-22)30-32-25(35)20(16-7-3-1-4-8-16)17-9-5-2-6-10-17/h1-15,20H,(H,31,34)(H,32,35)(H2,27,28,29,30). The summed E-state index contributed by atoms with van der Waals surface area (Å²) in [5, 5.41) is 11.8. The molecule has 3 aromatic carbocycles. The number of anilines is 2. The van der Waals surface area contributed by atoms with Gasteiger partial charge in [0.05, 0.1) is 10.8 Å². The van der Waals surface area contributed by atoms with Crippen molar-refractivity contribution in [3.8, 4) is 0 Å². The van der Waals surface area contributed by atoms with E-state index in [4.69, 9.17) is 0 Å². The quantitative estimate of drug-likeness (QED) is 0.175. The van der Waals surface area contributed by atoms with Crippen molar-refractivity contribution in [2.75, 3.05) is 10.9 Å². The summed E-state index contributed by atoms with van der Waals surface area (Å²) < 4.78 is 0.794. The molecule has 0 fully saturated rings. The van der Waals surface area contributed by atoms with Crippen LogP contribution in [-0.2, 0) is 4.79 Å². The zero-order valence-corrected chi connectivity index (χ0v) is 20.7. The maximum Gasteiger partial charge on any atom is 0.356 e. The molecule has 0 saturated heterocycles. The predicted molar refractivity (Wildman–Crippen MR) is 140 cm³/mol. The zero-order valence-electron chi connectivity index (χ0n) is 19.1. The van der Waals surface area contributed by atoms with Crippen LogP contribution in [0.25, 0.3) is 0 Å². The lowest BCUT2D eigenvalue weighted by molar-refractivity contribution is -0.383. The maximum atomic E-state index is 13.2. The van der Waals surface area contributed by atoms with E-state index in [0.29, 0.717) is 5.56 Å². The second kappa shape index (κ2) is 11.7. The number of nitrogens with zero attached hydrogens (tertiary/aromatic N) is 3. The molecule has 2 amide bonds. The Hall–Kier alpha value is -4.84. The first-order valence-electron chi connectivity index (χ1n) is 10.9. The van der Waals surface area contributed by atoms with E-state index < -0.39 is 28.3 Å². The second-order valence-corrected chi connectivity index (χ2v) is 8.55. The van der Waals surface area contributed by atoms with E-state index in [2.05, 4.69) is 47.6 Å². The molecule has 0 aliphatic heterocycles. The summed E-state index contributed by atoms with van der Waals surface area (Å²) in [6.07, 6.45) is 1.06. The number of nitrogens with one attached hydrogen (secondary N) is 4. The first kappa shape index (κ1) is 25.3. The third-order valence-corrected chi connectivity index (χ3v) is 5.77. The SMILES string of the molecule is O=C(NNc1ncnc(NNC(=O)C(c2ccccc2)c2ccccc2)c1[N+](=O)[O-])c1ccc(Br)cc1. The van der Waals surface area contributed by atoms with Crippen LogP contribution in [0.1, 0.15) is 27.4 Å². The van der Waals surface area contributed by atoms with Crippen LogP contribution in [0.5, 0.6) is 0 Å². The number of amides is 2. The molecule has 0 spiro atoms. The van der Waals surface area contributed by atoms with Gasteiger partial charge in [0, 0.05) is 10.0 Å². The molecule has 4 rings (SSSR count). The Labute approximate surface area is 219 Å². The van der Waals surface area contributed by atoms with Crippen molar-refractivity contribution in [2.45, 2.75) is 5.92 Å². The number of hydrogen-bond donors (Lipinski definition) is 4. The normalized spacial score (nSPS) is 10.4. The molecule has 0 atom stereocenters. The number of rotatable bonds is 9. The number of benzene rings is 3. The molecule has 0 aliphatic rings. The Morgan fingerprint density at radius 1 is 0.784 bits per heavy atom. The Morgan fingerprint density at radius 2 is 1.30 bits per heavy atom. The van der Waals surface area contributed by atoms with Crippen molar-refractivity contribution in [3.63, 3.8) is 0 Å². The Balaban J connectivity index is 1.52. The largest absolute Gasteiger partial charge is 0.356 e. The van der Waals surface area contributed by atoms with Gasteiger partial charge in [0.25, 0.3) is 5.91 Å². The van der Waals surface area contributed by atoms with Gasteiger partial charge in [-0.3, -0.25) is 41.4 Å². The fourth-order valence-electron chi connectivity index (χ4n) is 3.50. The zero-order chi connectivity index (χ0) is 26.2. The molecule has 186 valence electrons. The summed E-state index contributed by atoms with van der Waals surface area (Å²) in [7, 11) is 0. The van der Waals surface area contributed by atoms with Crippen molar-refractivity contribution in [1.82, 2.24) is 20.8 Å². The van der Waals surface area contributed by atoms with E-state index in [1.807, 2.05) is 60.7 Å². The second-order valence-electron chi connectivity index (χ2n) is 7.63. The van der Waals surface area contributed by atoms with Gasteiger partial charge in [-0.15, -0.1) is 0 Å². The highest BCUT2D eigenvalue weighted by Crippen LogP contribution is 2.29. The van der Waals surface area contributed by atoms with Crippen LogP contribution in [0.2, 0.25) is 0 Å². The highest BCUT2D eigenvalue weighted by molar-refractivity contribution is 9.10.